The highest BCUT2D eigenvalue weighted by Gasteiger charge is 2.29. The lowest BCUT2D eigenvalue weighted by molar-refractivity contribution is 0.433. The van der Waals surface area contributed by atoms with Gasteiger partial charge < -0.3 is 4.90 Å². The van der Waals surface area contributed by atoms with E-state index in [1.807, 2.05) is 25.1 Å². The Balaban J connectivity index is 1.62. The van der Waals surface area contributed by atoms with E-state index in [-0.39, 0.29) is 4.90 Å². The number of aryl methyl sites for hydroxylation is 1. The maximum Gasteiger partial charge on any atom is 0.245 e. The summed E-state index contributed by atoms with van der Waals surface area (Å²) in [5, 5.41) is 1.68. The van der Waals surface area contributed by atoms with Crippen molar-refractivity contribution in [2.75, 3.05) is 31.1 Å². The molecule has 0 spiro atoms. The minimum atomic E-state index is -3.60. The molecule has 136 valence electrons. The van der Waals surface area contributed by atoms with Crippen LogP contribution in [-0.4, -0.2) is 53.2 Å². The van der Waals surface area contributed by atoms with E-state index >= 15 is 0 Å². The molecule has 3 aromatic rings. The van der Waals surface area contributed by atoms with Crippen LogP contribution in [0.5, 0.6) is 0 Å². The molecule has 0 N–H and O–H groups in total. The number of pyridine rings is 1. The third-order valence-corrected chi connectivity index (χ3v) is 7.25. The van der Waals surface area contributed by atoms with E-state index in [4.69, 9.17) is 0 Å². The molecule has 0 saturated carbocycles. The summed E-state index contributed by atoms with van der Waals surface area (Å²) in [5.74, 6) is 0.751. The van der Waals surface area contributed by atoms with Crippen molar-refractivity contribution in [1.82, 2.24) is 18.6 Å². The maximum absolute atomic E-state index is 13.2. The van der Waals surface area contributed by atoms with Crippen LogP contribution in [0.1, 0.15) is 12.2 Å². The van der Waals surface area contributed by atoms with Crippen molar-refractivity contribution in [3.05, 3.63) is 42.4 Å². The lowest BCUT2D eigenvalue weighted by atomic mass is 10.2. The first kappa shape index (κ1) is 17.3. The van der Waals surface area contributed by atoms with Gasteiger partial charge in [0.15, 0.2) is 0 Å². The second kappa shape index (κ2) is 6.90. The molecule has 0 aliphatic carbocycles. The van der Waals surface area contributed by atoms with Gasteiger partial charge in [-0.15, -0.1) is 0 Å². The zero-order valence-electron chi connectivity index (χ0n) is 14.4. The van der Waals surface area contributed by atoms with Gasteiger partial charge in [0, 0.05) is 49.3 Å². The van der Waals surface area contributed by atoms with Crippen molar-refractivity contribution in [2.45, 2.75) is 18.2 Å². The van der Waals surface area contributed by atoms with Crippen LogP contribution >= 0.6 is 11.5 Å². The molecule has 0 bridgehead atoms. The molecule has 1 saturated heterocycles. The fourth-order valence-corrected chi connectivity index (χ4v) is 5.52. The summed E-state index contributed by atoms with van der Waals surface area (Å²) in [4.78, 5) is 11.1. The summed E-state index contributed by atoms with van der Waals surface area (Å²) in [6.45, 7) is 4.15. The largest absolute Gasteiger partial charge is 0.345 e. The van der Waals surface area contributed by atoms with Gasteiger partial charge in [0.25, 0.3) is 0 Å². The van der Waals surface area contributed by atoms with Crippen molar-refractivity contribution in [1.29, 1.82) is 0 Å². The molecule has 3 heterocycles. The Morgan fingerprint density at radius 2 is 1.92 bits per heavy atom. The topological polar surface area (TPSA) is 79.3 Å². The average molecular weight is 390 g/mol. The van der Waals surface area contributed by atoms with E-state index in [1.54, 1.807) is 22.6 Å². The third kappa shape index (κ3) is 3.17. The van der Waals surface area contributed by atoms with Crippen LogP contribution in [0.2, 0.25) is 0 Å². The molecule has 4 rings (SSSR count). The molecule has 2 aromatic heterocycles. The molecule has 1 aliphatic rings. The SMILES string of the molecule is Cc1nsc(N2CCCN(S(=O)(=O)c3cccc4cccnc34)CC2)n1. The fraction of sp³-hybridized carbons (Fsp3) is 0.353. The number of sulfonamides is 1. The predicted molar refractivity (Wildman–Crippen MR) is 102 cm³/mol. The molecule has 1 aliphatic heterocycles. The highest BCUT2D eigenvalue weighted by molar-refractivity contribution is 7.89. The van der Waals surface area contributed by atoms with E-state index in [0.29, 0.717) is 25.2 Å². The number of anilines is 1. The first-order valence-electron chi connectivity index (χ1n) is 8.45. The standard InChI is InChI=1S/C17H19N5O2S2/c1-13-19-17(25-20-13)21-9-4-10-22(12-11-21)26(23,24)15-7-2-5-14-6-3-8-18-16(14)15/h2-3,5-8H,4,9-12H2,1H3. The molecule has 0 unspecified atom stereocenters. The van der Waals surface area contributed by atoms with Gasteiger partial charge in [-0.1, -0.05) is 18.2 Å². The lowest BCUT2D eigenvalue weighted by Gasteiger charge is -2.21. The van der Waals surface area contributed by atoms with Crippen LogP contribution in [0.3, 0.4) is 0 Å². The second-order valence-corrected chi connectivity index (χ2v) is 8.84. The summed E-state index contributed by atoms with van der Waals surface area (Å²) in [5.41, 5.74) is 0.524. The van der Waals surface area contributed by atoms with Gasteiger partial charge in [0.05, 0.1) is 5.52 Å². The van der Waals surface area contributed by atoms with Crippen molar-refractivity contribution >= 4 is 37.6 Å². The second-order valence-electron chi connectivity index (χ2n) is 6.20. The van der Waals surface area contributed by atoms with Crippen molar-refractivity contribution in [3.8, 4) is 0 Å². The molecular weight excluding hydrogens is 370 g/mol. The smallest absolute Gasteiger partial charge is 0.245 e. The first-order valence-corrected chi connectivity index (χ1v) is 10.7. The Labute approximate surface area is 156 Å². The van der Waals surface area contributed by atoms with Crippen molar-refractivity contribution < 1.29 is 8.42 Å². The van der Waals surface area contributed by atoms with Gasteiger partial charge in [0.1, 0.15) is 10.7 Å². The molecule has 0 atom stereocenters. The Morgan fingerprint density at radius 3 is 2.73 bits per heavy atom. The minimum Gasteiger partial charge on any atom is -0.345 e. The van der Waals surface area contributed by atoms with Gasteiger partial charge in [-0.2, -0.15) is 8.68 Å². The van der Waals surface area contributed by atoms with Crippen LogP contribution in [0.4, 0.5) is 5.13 Å². The van der Waals surface area contributed by atoms with Crippen molar-refractivity contribution in [2.24, 2.45) is 0 Å². The normalized spacial score (nSPS) is 16.7. The predicted octanol–water partition coefficient (Wildman–Crippen LogP) is 2.30. The zero-order valence-corrected chi connectivity index (χ0v) is 16.0. The molecule has 26 heavy (non-hydrogen) atoms. The fourth-order valence-electron chi connectivity index (χ4n) is 3.16. The highest BCUT2D eigenvalue weighted by atomic mass is 32.2. The van der Waals surface area contributed by atoms with Gasteiger partial charge >= 0.3 is 0 Å². The quantitative estimate of drug-likeness (QED) is 0.684. The number of rotatable bonds is 3. The van der Waals surface area contributed by atoms with Gasteiger partial charge in [-0.3, -0.25) is 4.98 Å². The Hall–Kier alpha value is -2.10. The molecule has 0 radical (unpaired) electrons. The van der Waals surface area contributed by atoms with Crippen LogP contribution in [-0.2, 0) is 10.0 Å². The molecule has 9 heteroatoms. The van der Waals surface area contributed by atoms with E-state index in [9.17, 15) is 8.42 Å². The molecule has 0 amide bonds. The average Bonchev–Trinajstić information content (AvgIpc) is 2.92. The van der Waals surface area contributed by atoms with E-state index in [0.717, 1.165) is 29.3 Å². The Morgan fingerprint density at radius 1 is 1.08 bits per heavy atom. The summed E-state index contributed by atoms with van der Waals surface area (Å²) in [6, 6.07) is 8.98. The van der Waals surface area contributed by atoms with E-state index in [2.05, 4.69) is 19.2 Å². The van der Waals surface area contributed by atoms with E-state index in [1.165, 1.54) is 11.5 Å². The molecule has 1 fully saturated rings. The first-order chi connectivity index (χ1) is 12.6. The number of nitrogens with zero attached hydrogens (tertiary/aromatic N) is 5. The van der Waals surface area contributed by atoms with Crippen LogP contribution in [0.25, 0.3) is 10.9 Å². The number of hydrogen-bond acceptors (Lipinski definition) is 7. The molecular formula is C17H19N5O2S2. The van der Waals surface area contributed by atoms with Gasteiger partial charge in [-0.05, 0) is 25.5 Å². The molecule has 1 aromatic carbocycles. The summed E-state index contributed by atoms with van der Waals surface area (Å²) >= 11 is 1.36. The summed E-state index contributed by atoms with van der Waals surface area (Å²) < 4.78 is 32.3. The monoisotopic (exact) mass is 389 g/mol. The number of benzene rings is 1. The van der Waals surface area contributed by atoms with Crippen molar-refractivity contribution in [3.63, 3.8) is 0 Å². The van der Waals surface area contributed by atoms with Crippen LogP contribution < -0.4 is 4.90 Å². The summed E-state index contributed by atoms with van der Waals surface area (Å²) in [7, 11) is -3.60. The van der Waals surface area contributed by atoms with Gasteiger partial charge in [0.2, 0.25) is 15.2 Å². The number of fused-ring (bicyclic) bond motifs is 1. The lowest BCUT2D eigenvalue weighted by Crippen LogP contribution is -2.35. The highest BCUT2D eigenvalue weighted by Crippen LogP contribution is 2.26. The number of para-hydroxylation sites is 1. The number of aromatic nitrogens is 3. The third-order valence-electron chi connectivity index (χ3n) is 4.46. The zero-order chi connectivity index (χ0) is 18.1. The van der Waals surface area contributed by atoms with Crippen LogP contribution in [0, 0.1) is 6.92 Å². The van der Waals surface area contributed by atoms with Gasteiger partial charge in [-0.25, -0.2) is 13.4 Å². The number of hydrogen-bond donors (Lipinski definition) is 0. The summed E-state index contributed by atoms with van der Waals surface area (Å²) in [6.07, 6.45) is 2.37. The van der Waals surface area contributed by atoms with E-state index < -0.39 is 10.0 Å². The Bertz CT molecular complexity index is 1030. The van der Waals surface area contributed by atoms with Crippen LogP contribution in [0.15, 0.2) is 41.4 Å². The molecule has 7 nitrogen and oxygen atoms in total. The minimum absolute atomic E-state index is 0.274. The maximum atomic E-state index is 13.2. The Kier molecular flexibility index (Phi) is 4.60.